The number of aliphatic carboxylic acids is 3. The van der Waals surface area contributed by atoms with Gasteiger partial charge in [-0.25, -0.2) is 4.79 Å². The van der Waals surface area contributed by atoms with Crippen molar-refractivity contribution in [2.24, 2.45) is 11.8 Å². The molecule has 4 unspecified atom stereocenters. The highest BCUT2D eigenvalue weighted by Gasteiger charge is 2.53. The third kappa shape index (κ3) is 1.91. The molecule has 84 valence electrons. The van der Waals surface area contributed by atoms with Gasteiger partial charge in [0.05, 0.1) is 12.0 Å². The molecule has 7 heteroatoms. The first kappa shape index (κ1) is 11.4. The van der Waals surface area contributed by atoms with Gasteiger partial charge in [0.15, 0.2) is 6.10 Å². The van der Waals surface area contributed by atoms with Crippen molar-refractivity contribution in [3.05, 3.63) is 0 Å². The molecule has 0 aromatic heterocycles. The number of carboxylic acids is 3. The summed E-state index contributed by atoms with van der Waals surface area (Å²) in [5.41, 5.74) is 0. The van der Waals surface area contributed by atoms with Crippen molar-refractivity contribution in [2.45, 2.75) is 19.1 Å². The quantitative estimate of drug-likeness (QED) is 0.570. The van der Waals surface area contributed by atoms with Gasteiger partial charge in [-0.15, -0.1) is 0 Å². The summed E-state index contributed by atoms with van der Waals surface area (Å²) < 4.78 is 4.81. The number of hydrogen-bond acceptors (Lipinski definition) is 4. The molecule has 0 aromatic carbocycles. The molecule has 7 nitrogen and oxygen atoms in total. The lowest BCUT2D eigenvalue weighted by atomic mass is 9.87. The second-order valence-corrected chi connectivity index (χ2v) is 3.33. The summed E-state index contributed by atoms with van der Waals surface area (Å²) in [6.07, 6.45) is -2.52. The molecular weight excluding hydrogens is 208 g/mol. The molecule has 1 aliphatic heterocycles. The molecule has 3 N–H and O–H groups in total. The van der Waals surface area contributed by atoms with Crippen molar-refractivity contribution < 1.29 is 34.4 Å². The molecule has 1 saturated heterocycles. The lowest BCUT2D eigenvalue weighted by Gasteiger charge is -2.13. The SMILES string of the molecule is CC1OC(C(=O)O)C(C(=O)O)C1C(=O)O. The normalized spacial score (nSPS) is 35.0. The van der Waals surface area contributed by atoms with E-state index in [1.807, 2.05) is 0 Å². The van der Waals surface area contributed by atoms with Crippen molar-refractivity contribution in [1.29, 1.82) is 0 Å². The van der Waals surface area contributed by atoms with Crippen LogP contribution in [0.3, 0.4) is 0 Å². The molecule has 0 aromatic rings. The van der Waals surface area contributed by atoms with E-state index in [9.17, 15) is 14.4 Å². The number of ether oxygens (including phenoxy) is 1. The Balaban J connectivity index is 3.03. The van der Waals surface area contributed by atoms with Gasteiger partial charge in [0.25, 0.3) is 0 Å². The maximum absolute atomic E-state index is 10.8. The zero-order valence-electron chi connectivity index (χ0n) is 7.78. The second-order valence-electron chi connectivity index (χ2n) is 3.33. The number of rotatable bonds is 3. The predicted molar refractivity (Wildman–Crippen MR) is 44.2 cm³/mol. The summed E-state index contributed by atoms with van der Waals surface area (Å²) in [4.78, 5) is 32.2. The molecule has 0 bridgehead atoms. The standard InChI is InChI=1S/C8H10O7/c1-2-3(6(9)10)4(7(11)12)5(15-2)8(13)14/h2-5H,1H3,(H,9,10)(H,11,12)(H,13,14). The van der Waals surface area contributed by atoms with Gasteiger partial charge in [-0.05, 0) is 6.92 Å². The van der Waals surface area contributed by atoms with Crippen molar-refractivity contribution in [2.75, 3.05) is 0 Å². The fourth-order valence-electron chi connectivity index (χ4n) is 1.73. The number of hydrogen-bond donors (Lipinski definition) is 3. The van der Waals surface area contributed by atoms with E-state index in [4.69, 9.17) is 20.1 Å². The zero-order chi connectivity index (χ0) is 11.7. The van der Waals surface area contributed by atoms with Gasteiger partial charge < -0.3 is 20.1 Å². The molecule has 1 fully saturated rings. The van der Waals surface area contributed by atoms with E-state index in [0.717, 1.165) is 0 Å². The second kappa shape index (κ2) is 3.85. The minimum absolute atomic E-state index is 0.926. The van der Waals surface area contributed by atoms with Crippen LogP contribution in [0.5, 0.6) is 0 Å². The van der Waals surface area contributed by atoms with Crippen LogP contribution in [-0.2, 0) is 19.1 Å². The number of carbonyl (C=O) groups is 3. The summed E-state index contributed by atoms with van der Waals surface area (Å²) in [5.74, 6) is -7.17. The van der Waals surface area contributed by atoms with Gasteiger partial charge in [-0.2, -0.15) is 0 Å². The monoisotopic (exact) mass is 218 g/mol. The van der Waals surface area contributed by atoms with Crippen LogP contribution in [-0.4, -0.2) is 45.4 Å². The Bertz CT molecular complexity index is 310. The smallest absolute Gasteiger partial charge is 0.333 e. The highest BCUT2D eigenvalue weighted by atomic mass is 16.5. The summed E-state index contributed by atoms with van der Waals surface area (Å²) in [5, 5.41) is 26.2. The van der Waals surface area contributed by atoms with E-state index in [1.165, 1.54) is 6.92 Å². The van der Waals surface area contributed by atoms with Crippen LogP contribution in [0, 0.1) is 11.8 Å². The molecule has 0 saturated carbocycles. The van der Waals surface area contributed by atoms with E-state index < -0.39 is 42.0 Å². The first-order valence-corrected chi connectivity index (χ1v) is 4.20. The Morgan fingerprint density at radius 1 is 0.933 bits per heavy atom. The van der Waals surface area contributed by atoms with Crippen LogP contribution in [0.2, 0.25) is 0 Å². The Morgan fingerprint density at radius 2 is 1.40 bits per heavy atom. The average Bonchev–Trinajstić information content (AvgIpc) is 2.42. The molecule has 1 heterocycles. The van der Waals surface area contributed by atoms with Crippen molar-refractivity contribution in [3.63, 3.8) is 0 Å². The molecule has 0 amide bonds. The highest BCUT2D eigenvalue weighted by molar-refractivity contribution is 5.87. The van der Waals surface area contributed by atoms with Gasteiger partial charge in [-0.3, -0.25) is 9.59 Å². The zero-order valence-corrected chi connectivity index (χ0v) is 7.78. The minimum Gasteiger partial charge on any atom is -0.481 e. The number of carboxylic acid groups (broad SMARTS) is 3. The molecule has 4 atom stereocenters. The molecular formula is C8H10O7. The summed E-state index contributed by atoms with van der Waals surface area (Å²) in [6.45, 7) is 1.34. The van der Waals surface area contributed by atoms with Crippen LogP contribution < -0.4 is 0 Å². The van der Waals surface area contributed by atoms with Crippen molar-refractivity contribution in [3.8, 4) is 0 Å². The van der Waals surface area contributed by atoms with E-state index in [-0.39, 0.29) is 0 Å². The summed E-state index contributed by atoms with van der Waals surface area (Å²) in [6, 6.07) is 0. The van der Waals surface area contributed by atoms with Gasteiger partial charge in [0.1, 0.15) is 5.92 Å². The molecule has 1 aliphatic rings. The van der Waals surface area contributed by atoms with Gasteiger partial charge >= 0.3 is 17.9 Å². The van der Waals surface area contributed by atoms with Crippen LogP contribution >= 0.6 is 0 Å². The van der Waals surface area contributed by atoms with Crippen LogP contribution in [0.1, 0.15) is 6.92 Å². The molecule has 0 aliphatic carbocycles. The maximum Gasteiger partial charge on any atom is 0.333 e. The predicted octanol–water partition coefficient (Wildman–Crippen LogP) is -0.740. The van der Waals surface area contributed by atoms with E-state index >= 15 is 0 Å². The topological polar surface area (TPSA) is 121 Å². The Morgan fingerprint density at radius 3 is 1.73 bits per heavy atom. The Hall–Kier alpha value is -1.63. The van der Waals surface area contributed by atoms with E-state index in [1.54, 1.807) is 0 Å². The Kier molecular flexibility index (Phi) is 2.94. The third-order valence-electron chi connectivity index (χ3n) is 2.39. The highest BCUT2D eigenvalue weighted by Crippen LogP contribution is 2.33. The Labute approximate surface area is 84.3 Å². The van der Waals surface area contributed by atoms with Crippen LogP contribution in [0.4, 0.5) is 0 Å². The molecule has 0 spiro atoms. The van der Waals surface area contributed by atoms with E-state index in [0.29, 0.717) is 0 Å². The summed E-state index contributed by atoms with van der Waals surface area (Å²) in [7, 11) is 0. The molecule has 1 rings (SSSR count). The fourth-order valence-corrected chi connectivity index (χ4v) is 1.73. The van der Waals surface area contributed by atoms with Gasteiger partial charge in [0, 0.05) is 0 Å². The third-order valence-corrected chi connectivity index (χ3v) is 2.39. The van der Waals surface area contributed by atoms with Gasteiger partial charge in [-0.1, -0.05) is 0 Å². The lowest BCUT2D eigenvalue weighted by molar-refractivity contribution is -0.159. The largest absolute Gasteiger partial charge is 0.481 e. The lowest BCUT2D eigenvalue weighted by Crippen LogP contribution is -2.37. The van der Waals surface area contributed by atoms with Crippen LogP contribution in [0.15, 0.2) is 0 Å². The maximum atomic E-state index is 10.8. The average molecular weight is 218 g/mol. The van der Waals surface area contributed by atoms with Crippen molar-refractivity contribution >= 4 is 17.9 Å². The minimum atomic E-state index is -1.60. The van der Waals surface area contributed by atoms with Crippen LogP contribution in [0.25, 0.3) is 0 Å². The molecule has 0 radical (unpaired) electrons. The molecule has 15 heavy (non-hydrogen) atoms. The van der Waals surface area contributed by atoms with Gasteiger partial charge in [0.2, 0.25) is 0 Å². The first-order chi connectivity index (χ1) is 6.86. The van der Waals surface area contributed by atoms with Crippen molar-refractivity contribution in [1.82, 2.24) is 0 Å². The van der Waals surface area contributed by atoms with E-state index in [2.05, 4.69) is 0 Å². The first-order valence-electron chi connectivity index (χ1n) is 4.20. The fraction of sp³-hybridized carbons (Fsp3) is 0.625. The summed E-state index contributed by atoms with van der Waals surface area (Å²) >= 11 is 0.